The zero-order valence-electron chi connectivity index (χ0n) is 81.4. The highest BCUT2D eigenvalue weighted by molar-refractivity contribution is 6.41. The molecule has 18 atom stereocenters. The van der Waals surface area contributed by atoms with Crippen LogP contribution in [-0.2, 0) is 115 Å². The van der Waals surface area contributed by atoms with Crippen molar-refractivity contribution in [3.8, 4) is 5.75 Å². The molecule has 23 N–H and O–H groups in total. The van der Waals surface area contributed by atoms with Gasteiger partial charge in [0.25, 0.3) is 0 Å². The van der Waals surface area contributed by atoms with Gasteiger partial charge in [-0.2, -0.15) is 0 Å². The number of aliphatic carboxylic acids is 1. The number of Topliss-reactive ketones (excluding diaryl/α,β-unsaturated/α-hetero) is 5. The summed E-state index contributed by atoms with van der Waals surface area (Å²) in [7, 11) is 0. The lowest BCUT2D eigenvalue weighted by Crippen LogP contribution is -2.65. The highest BCUT2D eigenvalue weighted by atomic mass is 16.4. The number of aromatic nitrogens is 1. The number of aliphatic hydroxyl groups is 1. The van der Waals surface area contributed by atoms with Crippen molar-refractivity contribution in [3.05, 3.63) is 114 Å². The number of phenolic OH excluding ortho intramolecular Hbond substituents is 1. The molecule has 2 heterocycles. The van der Waals surface area contributed by atoms with Gasteiger partial charge in [-0.1, -0.05) is 127 Å². The van der Waals surface area contributed by atoms with E-state index in [1.54, 1.807) is 88.5 Å². The Morgan fingerprint density at radius 3 is 1.71 bits per heavy atom. The summed E-state index contributed by atoms with van der Waals surface area (Å²) in [5.74, 6) is -21.5. The quantitative estimate of drug-likeness (QED) is 0.0168. The number of fused-ring (bicyclic) bond motifs is 1. The highest BCUT2D eigenvalue weighted by Gasteiger charge is 2.44. The van der Waals surface area contributed by atoms with Crippen LogP contribution in [0.3, 0.4) is 0 Å². The van der Waals surface area contributed by atoms with E-state index in [-0.39, 0.29) is 81.9 Å². The van der Waals surface area contributed by atoms with E-state index in [0.29, 0.717) is 59.7 Å². The van der Waals surface area contributed by atoms with Crippen LogP contribution < -0.4 is 91.4 Å². The first-order valence-corrected chi connectivity index (χ1v) is 46.9. The Bertz CT molecular complexity index is 4960. The number of H-pyrrole nitrogens is 1. The Kier molecular flexibility index (Phi) is 46.9. The third kappa shape index (κ3) is 38.2. The van der Waals surface area contributed by atoms with Gasteiger partial charge in [-0.15, -0.1) is 0 Å². The molecule has 1 aliphatic rings. The molecule has 0 fully saturated rings. The van der Waals surface area contributed by atoms with E-state index >= 15 is 28.8 Å². The summed E-state index contributed by atoms with van der Waals surface area (Å²) in [6, 6.07) is 1.24. The van der Waals surface area contributed by atoms with E-state index in [4.69, 9.17) is 11.5 Å². The third-order valence-corrected chi connectivity index (χ3v) is 23.8. The SMILES string of the molecule is CC(=O)N[C@@H](CC(C)C)C(=O)N[C@H](C(=O)N[C@@H](Cc1ccccc1)C(=O)N[C@]1(C)CCCCCC/C=C/CCC[C@@](C)(C(=O)N[C@@H](C)C(=O)NC(C)C(=O)N[C@@H](C)C(=O)C(=O)[C@H](C)NN[C@H](C)C(=O)C[C@H](C)C(N)=O)NC(=O)[C@H](CC(C)C)CN[C@@H](CCC(N)=O)C(=O)C(=O)C(C)NC(=O)[C@H](Cc2c[nH]c3ccccc23)NC(=O)C(Cc2ccc(O)cc2)NC(=O)[C@H](CCC(=O)O)NC1=O)[C@@H](C)O. The largest absolute Gasteiger partial charge is 0.508 e. The van der Waals surface area contributed by atoms with E-state index in [1.165, 1.54) is 100 Å². The Morgan fingerprint density at radius 1 is 0.529 bits per heavy atom. The van der Waals surface area contributed by atoms with Gasteiger partial charge in [-0.3, -0.25) is 95.9 Å². The van der Waals surface area contributed by atoms with Crippen molar-refractivity contribution in [3.63, 3.8) is 0 Å². The molecular weight excluding hydrogens is 1790 g/mol. The molecule has 14 amide bonds. The summed E-state index contributed by atoms with van der Waals surface area (Å²) >= 11 is 0. The normalized spacial score (nSPS) is 22.1. The molecule has 41 nitrogen and oxygen atoms in total. The molecule has 4 aromatic rings. The number of nitrogens with two attached hydrogens (primary N) is 2. The monoisotopic (exact) mass is 1930 g/mol. The fourth-order valence-electron chi connectivity index (χ4n) is 15.4. The van der Waals surface area contributed by atoms with Gasteiger partial charge in [0.05, 0.1) is 42.2 Å². The Morgan fingerprint density at radius 2 is 1.10 bits per heavy atom. The zero-order chi connectivity index (χ0) is 103. The van der Waals surface area contributed by atoms with Gasteiger partial charge in [0.2, 0.25) is 106 Å². The van der Waals surface area contributed by atoms with Crippen LogP contribution in [-0.4, -0.2) is 240 Å². The predicted octanol–water partition coefficient (Wildman–Crippen LogP) is 1.09. The molecule has 138 heavy (non-hydrogen) atoms. The number of aromatic amines is 1. The second-order valence-electron chi connectivity index (χ2n) is 37.2. The molecule has 41 heteroatoms. The average Bonchev–Trinajstić information content (AvgIpc) is 1.44. The summed E-state index contributed by atoms with van der Waals surface area (Å²) in [5, 5.41) is 66.7. The number of rotatable bonds is 40. The van der Waals surface area contributed by atoms with Gasteiger partial charge in [-0.25, -0.2) is 10.9 Å². The number of carboxylic acid groups (broad SMARTS) is 1. The van der Waals surface area contributed by atoms with Gasteiger partial charge in [0.15, 0.2) is 5.78 Å². The fraction of sp³-hybridized carbons (Fsp3) is 0.567. The van der Waals surface area contributed by atoms with Gasteiger partial charge in [0.1, 0.15) is 65.2 Å². The smallest absolute Gasteiger partial charge is 0.303 e. The molecule has 0 saturated carbocycles. The zero-order valence-corrected chi connectivity index (χ0v) is 81.4. The molecule has 1 aliphatic heterocycles. The topological polar surface area (TPSA) is 650 Å². The van der Waals surface area contributed by atoms with Crippen molar-refractivity contribution in [1.29, 1.82) is 0 Å². The van der Waals surface area contributed by atoms with Crippen molar-refractivity contribution in [2.45, 2.75) is 322 Å². The first-order chi connectivity index (χ1) is 64.8. The molecule has 0 saturated heterocycles. The Balaban J connectivity index is 1.59. The molecule has 0 bridgehead atoms. The van der Waals surface area contributed by atoms with Crippen LogP contribution >= 0.6 is 0 Å². The van der Waals surface area contributed by atoms with Crippen molar-refractivity contribution in [2.24, 2.45) is 35.1 Å². The standard InChI is InChI=1S/C97H142N18O23/c1-52(2)44-66-51-101-70(38-40-77(98)120)83(126)81(124)57(8)103-89(132)75(49-65-50-100-69-33-27-26-32-68(65)69)108-90(133)73(48-64-34-36-67(118)37-35-64)107-88(131)71(39-41-78(121)122)110-95(138)97(15,113-92(135)74(47-63-30-24-23-25-31-63)109-93(136)79(61(12)116)111-91(134)72(45-53(3)4)106-62(13)117)43-29-22-20-18-16-17-19-21-28-42-96(14,112-87(66)130)94(137)105-60(11)86(129)104-59(10)85(128)102-56(7)80(123)82(125)58(9)115-114-55(6)76(119)46-54(5)84(99)127/h17,19,23-27,30-37,50,52-61,66,70-75,79,100-101,114-116,118H,16,18,20-22,28-29,38-49,51H2,1-15H3,(H2,98,120)(H2,99,127)(H,102,128)(H,103,132)(H,104,129)(H,105,137)(H,106,117)(H,107,131)(H,108,133)(H,109,136)(H,110,138)(H,111,134)(H,112,130)(H,113,135)(H,121,122)/b19-17+/t54-,55+,56-,57?,58-,59?,60-,61+,66+,70-,71-,72-,73?,74-,75-,79-,96-,97+/m0/s1. The summed E-state index contributed by atoms with van der Waals surface area (Å²) in [6.45, 7) is 21.3. The number of ketones is 5. The van der Waals surface area contributed by atoms with Crippen LogP contribution in [0.4, 0.5) is 0 Å². The van der Waals surface area contributed by atoms with Crippen LogP contribution in [0.1, 0.15) is 223 Å². The van der Waals surface area contributed by atoms with E-state index in [2.05, 4.69) is 85.0 Å². The number of primary amides is 2. The maximum Gasteiger partial charge on any atom is 0.303 e. The summed E-state index contributed by atoms with van der Waals surface area (Å²) in [4.78, 5) is 283. The summed E-state index contributed by atoms with van der Waals surface area (Å²) < 4.78 is 0. The minimum absolute atomic E-state index is 0.0822. The molecule has 758 valence electrons. The van der Waals surface area contributed by atoms with Crippen molar-refractivity contribution in [2.75, 3.05) is 6.54 Å². The number of para-hydroxylation sites is 1. The molecule has 5 rings (SSSR count). The van der Waals surface area contributed by atoms with Crippen molar-refractivity contribution < 1.29 is 111 Å². The number of hydrogen-bond acceptors (Lipinski definition) is 25. The molecule has 3 aromatic carbocycles. The molecular formula is C97H142N18O23. The van der Waals surface area contributed by atoms with Gasteiger partial charge in [0, 0.05) is 75.0 Å². The third-order valence-electron chi connectivity index (χ3n) is 23.8. The maximum atomic E-state index is 15.6. The summed E-state index contributed by atoms with van der Waals surface area (Å²) in [6.07, 6.45) is 2.68. The van der Waals surface area contributed by atoms with E-state index in [1.807, 2.05) is 12.2 Å². The number of amides is 14. The number of phenols is 1. The first kappa shape index (κ1) is 115. The number of benzene rings is 3. The number of carboxylic acids is 1. The highest BCUT2D eigenvalue weighted by Crippen LogP contribution is 2.25. The molecule has 0 radical (unpaired) electrons. The maximum absolute atomic E-state index is 15.6. The van der Waals surface area contributed by atoms with E-state index in [9.17, 15) is 82.4 Å². The Hall–Kier alpha value is -13.0. The lowest BCUT2D eigenvalue weighted by Gasteiger charge is -2.34. The molecule has 3 unspecified atom stereocenters. The predicted molar refractivity (Wildman–Crippen MR) is 510 cm³/mol. The average molecular weight is 1930 g/mol. The van der Waals surface area contributed by atoms with Crippen LogP contribution in [0.2, 0.25) is 0 Å². The fourth-order valence-corrected chi connectivity index (χ4v) is 15.4. The first-order valence-electron chi connectivity index (χ1n) is 46.9. The van der Waals surface area contributed by atoms with Crippen molar-refractivity contribution >= 4 is 128 Å². The van der Waals surface area contributed by atoms with Gasteiger partial charge in [-0.05, 0) is 173 Å². The van der Waals surface area contributed by atoms with Crippen molar-refractivity contribution in [1.82, 2.24) is 85.0 Å². The second kappa shape index (κ2) is 56.0. The van der Waals surface area contributed by atoms with E-state index in [0.717, 1.165) is 0 Å². The minimum Gasteiger partial charge on any atom is -0.508 e. The van der Waals surface area contributed by atoms with Gasteiger partial charge >= 0.3 is 5.97 Å². The van der Waals surface area contributed by atoms with Crippen LogP contribution in [0, 0.1) is 23.7 Å². The lowest BCUT2D eigenvalue weighted by molar-refractivity contribution is -0.140. The van der Waals surface area contributed by atoms with Crippen LogP contribution in [0.5, 0.6) is 5.75 Å². The lowest BCUT2D eigenvalue weighted by atomic mass is 9.89. The number of hydrazine groups is 1. The number of aromatic hydroxyl groups is 1. The minimum atomic E-state index is -2.08. The number of allylic oxidation sites excluding steroid dienone is 2. The van der Waals surface area contributed by atoms with Crippen LogP contribution in [0.15, 0.2) is 97.2 Å². The molecule has 1 aromatic heterocycles. The summed E-state index contributed by atoms with van der Waals surface area (Å²) in [5.41, 5.74) is 14.0. The number of nitrogens with one attached hydrogen (secondary N) is 16. The molecule has 0 spiro atoms. The number of hydrogen-bond donors (Lipinski definition) is 21. The Labute approximate surface area is 803 Å². The molecule has 0 aliphatic carbocycles. The van der Waals surface area contributed by atoms with E-state index < -0.39 is 257 Å². The second-order valence-corrected chi connectivity index (χ2v) is 37.2. The number of carbonyl (C=O) groups excluding carboxylic acids is 19. The number of aliphatic hydroxyl groups excluding tert-OH is 1. The van der Waals surface area contributed by atoms with Crippen LogP contribution in [0.25, 0.3) is 10.9 Å². The number of carbonyl (C=O) groups is 20. The van der Waals surface area contributed by atoms with Gasteiger partial charge < -0.3 is 101 Å².